The number of nitrogens with zero attached hydrogens (tertiary/aromatic N) is 1. The second-order valence-electron chi connectivity index (χ2n) is 3.27. The zero-order chi connectivity index (χ0) is 11.7. The van der Waals surface area contributed by atoms with Crippen molar-refractivity contribution in [3.05, 3.63) is 45.0 Å². The van der Waals surface area contributed by atoms with Gasteiger partial charge >= 0.3 is 5.69 Å². The zero-order valence-electron chi connectivity index (χ0n) is 8.09. The fourth-order valence-electron chi connectivity index (χ4n) is 1.42. The predicted octanol–water partition coefficient (Wildman–Crippen LogP) is -0.00370. The molecule has 2 N–H and O–H groups in total. The predicted molar refractivity (Wildman–Crippen MR) is 58.0 cm³/mol. The lowest BCUT2D eigenvalue weighted by Crippen LogP contribution is -2.29. The Balaban J connectivity index is 2.34. The molecule has 2 heterocycles. The lowest BCUT2D eigenvalue weighted by atomic mass is 10.3. The Labute approximate surface area is 93.6 Å². The third-order valence-corrected chi connectivity index (χ3v) is 3.55. The molecule has 7 heteroatoms. The summed E-state index contributed by atoms with van der Waals surface area (Å²) in [5, 5.41) is 7.71. The fraction of sp³-hybridized carbons (Fsp3) is 0.333. The van der Waals surface area contributed by atoms with Crippen LogP contribution < -0.4 is 11.2 Å². The summed E-state index contributed by atoms with van der Waals surface area (Å²) in [6, 6.07) is 1.19. The topological polar surface area (TPSA) is 75.1 Å². The molecule has 0 radical (unpaired) electrons. The van der Waals surface area contributed by atoms with Crippen molar-refractivity contribution in [2.75, 3.05) is 6.61 Å². The lowest BCUT2D eigenvalue weighted by molar-refractivity contribution is 0.295. The molecule has 0 aliphatic carbocycles. The summed E-state index contributed by atoms with van der Waals surface area (Å²) in [5.74, 6) is -0.449. The van der Waals surface area contributed by atoms with Crippen molar-refractivity contribution < 1.29 is 9.50 Å². The first kappa shape index (κ1) is 11.2. The highest BCUT2D eigenvalue weighted by molar-refractivity contribution is 8.00. The maximum Gasteiger partial charge on any atom is 0.329 e. The van der Waals surface area contributed by atoms with Crippen molar-refractivity contribution in [2.24, 2.45) is 0 Å². The van der Waals surface area contributed by atoms with Gasteiger partial charge in [0.2, 0.25) is 0 Å². The van der Waals surface area contributed by atoms with Gasteiger partial charge < -0.3 is 5.11 Å². The number of halogens is 1. The van der Waals surface area contributed by atoms with E-state index in [0.717, 1.165) is 11.8 Å². The molecule has 1 aromatic heterocycles. The van der Waals surface area contributed by atoms with Crippen LogP contribution in [0.2, 0.25) is 0 Å². The molecule has 1 aliphatic rings. The Morgan fingerprint density at radius 2 is 2.31 bits per heavy atom. The van der Waals surface area contributed by atoms with Gasteiger partial charge in [0.15, 0.2) is 0 Å². The monoisotopic (exact) mass is 244 g/mol. The average Bonchev–Trinajstić information content (AvgIpc) is 2.59. The minimum atomic E-state index is -0.635. The summed E-state index contributed by atoms with van der Waals surface area (Å²) in [7, 11) is 0. The standard InChI is InChI=1S/C9H9FN2O3S/c10-5-3-8(16-6(5)4-13)12-2-1-7(14)11-9(12)15/h1-3,6,8,13H,4H2,(H,11,14,15)/t6-,8-/m0/s1. The highest BCUT2D eigenvalue weighted by atomic mass is 32.2. The first-order chi connectivity index (χ1) is 7.61. The minimum Gasteiger partial charge on any atom is -0.395 e. The smallest absolute Gasteiger partial charge is 0.329 e. The molecule has 16 heavy (non-hydrogen) atoms. The maximum atomic E-state index is 13.2. The normalized spacial score (nSPS) is 24.5. The Morgan fingerprint density at radius 3 is 2.88 bits per heavy atom. The van der Waals surface area contributed by atoms with Gasteiger partial charge in [-0.2, -0.15) is 0 Å². The second-order valence-corrected chi connectivity index (χ2v) is 4.59. The van der Waals surface area contributed by atoms with Crippen molar-refractivity contribution in [3.63, 3.8) is 0 Å². The molecule has 0 bridgehead atoms. The Hall–Kier alpha value is -1.34. The van der Waals surface area contributed by atoms with Crippen LogP contribution in [0.15, 0.2) is 33.8 Å². The van der Waals surface area contributed by atoms with Crippen molar-refractivity contribution >= 4 is 11.8 Å². The van der Waals surface area contributed by atoms with Gasteiger partial charge in [-0.1, -0.05) is 0 Å². The molecule has 2 atom stereocenters. The molecule has 0 unspecified atom stereocenters. The maximum absolute atomic E-state index is 13.2. The number of hydrogen-bond donors (Lipinski definition) is 2. The van der Waals surface area contributed by atoms with Gasteiger partial charge in [-0.05, 0) is 6.08 Å². The van der Waals surface area contributed by atoms with Crippen LogP contribution in [0.4, 0.5) is 4.39 Å². The van der Waals surface area contributed by atoms with E-state index in [1.54, 1.807) is 0 Å². The number of H-pyrrole nitrogens is 1. The summed E-state index contributed by atoms with van der Waals surface area (Å²) in [6.45, 7) is -0.318. The first-order valence-electron chi connectivity index (χ1n) is 4.57. The summed E-state index contributed by atoms with van der Waals surface area (Å²) in [5.41, 5.74) is -1.08. The molecule has 1 aromatic rings. The van der Waals surface area contributed by atoms with Gasteiger partial charge in [-0.25, -0.2) is 9.18 Å². The van der Waals surface area contributed by atoms with E-state index in [2.05, 4.69) is 4.98 Å². The van der Waals surface area contributed by atoms with Gasteiger partial charge in [-0.3, -0.25) is 14.3 Å². The number of aliphatic hydroxyl groups excluding tert-OH is 1. The molecule has 1 aliphatic heterocycles. The number of aromatic amines is 1. The van der Waals surface area contributed by atoms with Crippen LogP contribution in [0, 0.1) is 0 Å². The van der Waals surface area contributed by atoms with E-state index in [4.69, 9.17) is 5.11 Å². The van der Waals surface area contributed by atoms with Gasteiger partial charge in [0.1, 0.15) is 11.2 Å². The molecule has 0 fully saturated rings. The van der Waals surface area contributed by atoms with Crippen LogP contribution in [-0.4, -0.2) is 26.5 Å². The van der Waals surface area contributed by atoms with Crippen molar-refractivity contribution in [1.29, 1.82) is 0 Å². The van der Waals surface area contributed by atoms with Crippen LogP contribution in [0.5, 0.6) is 0 Å². The molecule has 0 saturated carbocycles. The third-order valence-electron chi connectivity index (χ3n) is 2.20. The molecule has 0 amide bonds. The summed E-state index contributed by atoms with van der Waals surface area (Å²) in [6.07, 6.45) is 2.56. The third kappa shape index (κ3) is 1.96. The number of aliphatic hydroxyl groups is 1. The quantitative estimate of drug-likeness (QED) is 0.767. The number of rotatable bonds is 2. The van der Waals surface area contributed by atoms with Crippen LogP contribution in [0.3, 0.4) is 0 Å². The average molecular weight is 244 g/mol. The highest BCUT2D eigenvalue weighted by Gasteiger charge is 2.28. The van der Waals surface area contributed by atoms with Crippen LogP contribution in [0.25, 0.3) is 0 Å². The Bertz CT molecular complexity index is 536. The SMILES string of the molecule is O=c1ccn([C@@H]2C=C(F)[C@H](CO)S2)c(=O)[nH]1. The lowest BCUT2D eigenvalue weighted by Gasteiger charge is -2.11. The van der Waals surface area contributed by atoms with E-state index in [-0.39, 0.29) is 6.61 Å². The summed E-state index contributed by atoms with van der Waals surface area (Å²) >= 11 is 1.12. The minimum absolute atomic E-state index is 0.318. The molecule has 2 rings (SSSR count). The number of nitrogens with one attached hydrogen (secondary N) is 1. The van der Waals surface area contributed by atoms with E-state index >= 15 is 0 Å². The van der Waals surface area contributed by atoms with Gasteiger partial charge in [0.05, 0.1) is 11.9 Å². The Morgan fingerprint density at radius 1 is 1.56 bits per heavy atom. The number of hydrogen-bond acceptors (Lipinski definition) is 4. The molecule has 0 spiro atoms. The molecule has 0 aromatic carbocycles. The van der Waals surface area contributed by atoms with Gasteiger partial charge in [-0.15, -0.1) is 11.8 Å². The summed E-state index contributed by atoms with van der Waals surface area (Å²) in [4.78, 5) is 24.3. The molecular formula is C9H9FN2O3S. The van der Waals surface area contributed by atoms with E-state index in [1.807, 2.05) is 0 Å². The fourth-order valence-corrected chi connectivity index (χ4v) is 2.56. The first-order valence-corrected chi connectivity index (χ1v) is 5.51. The van der Waals surface area contributed by atoms with Crippen LogP contribution >= 0.6 is 11.8 Å². The van der Waals surface area contributed by atoms with E-state index in [0.29, 0.717) is 0 Å². The van der Waals surface area contributed by atoms with E-state index in [1.165, 1.54) is 22.9 Å². The molecule has 86 valence electrons. The van der Waals surface area contributed by atoms with Crippen LogP contribution in [0.1, 0.15) is 5.37 Å². The van der Waals surface area contributed by atoms with Crippen molar-refractivity contribution in [3.8, 4) is 0 Å². The summed E-state index contributed by atoms with van der Waals surface area (Å²) < 4.78 is 14.4. The van der Waals surface area contributed by atoms with E-state index in [9.17, 15) is 14.0 Å². The van der Waals surface area contributed by atoms with Crippen LogP contribution in [-0.2, 0) is 0 Å². The molecule has 5 nitrogen and oxygen atoms in total. The van der Waals surface area contributed by atoms with Gasteiger partial charge in [0, 0.05) is 12.3 Å². The Kier molecular flexibility index (Phi) is 2.97. The largest absolute Gasteiger partial charge is 0.395 e. The zero-order valence-corrected chi connectivity index (χ0v) is 8.91. The number of aromatic nitrogens is 2. The molecule has 0 saturated heterocycles. The molecular weight excluding hydrogens is 235 g/mol. The van der Waals surface area contributed by atoms with Crippen molar-refractivity contribution in [2.45, 2.75) is 10.6 Å². The highest BCUT2D eigenvalue weighted by Crippen LogP contribution is 2.39. The van der Waals surface area contributed by atoms with Crippen molar-refractivity contribution in [1.82, 2.24) is 9.55 Å². The second kappa shape index (κ2) is 4.26. The van der Waals surface area contributed by atoms with Gasteiger partial charge in [0.25, 0.3) is 5.56 Å². The number of thioether (sulfide) groups is 1. The van der Waals surface area contributed by atoms with E-state index < -0.39 is 27.7 Å².